The van der Waals surface area contributed by atoms with Crippen molar-refractivity contribution in [2.75, 3.05) is 19.5 Å². The van der Waals surface area contributed by atoms with Gasteiger partial charge in [0, 0.05) is 29.3 Å². The zero-order chi connectivity index (χ0) is 26.5. The molecule has 2 heterocycles. The summed E-state index contributed by atoms with van der Waals surface area (Å²) in [5, 5.41) is 26.4. The molecule has 0 radical (unpaired) electrons. The Morgan fingerprint density at radius 1 is 1.24 bits per heavy atom. The van der Waals surface area contributed by atoms with E-state index in [1.165, 1.54) is 32.4 Å². The topological polar surface area (TPSA) is 166 Å². The van der Waals surface area contributed by atoms with Crippen LogP contribution >= 0.6 is 11.6 Å². The number of carboxylic acids is 1. The zero-order valence-electron chi connectivity index (χ0n) is 19.8. The van der Waals surface area contributed by atoms with E-state index < -0.39 is 29.1 Å². The Hall–Kier alpha value is -4.45. The lowest BCUT2D eigenvalue weighted by Gasteiger charge is -2.35. The summed E-state index contributed by atoms with van der Waals surface area (Å²) in [6.07, 6.45) is 1.43. The standard InChI is InChI=1S/C24H20ClN5O7/c1-10-6-12(26-14-7-11(22-27-29-30-28-22)4-5-13(14)23(33)34)8-17(31)24(10)21(32)18-15(35-2)9-16(36-3)19(25)20(18)37-24/h4-5,7-10,26H,6H2,1-3H3,(H,33,34)(H,27,28,29,30)/t10-,24+/m1/s1. The van der Waals surface area contributed by atoms with Gasteiger partial charge in [-0.05, 0) is 23.8 Å². The molecule has 3 aromatic rings. The van der Waals surface area contributed by atoms with Gasteiger partial charge in [-0.25, -0.2) is 4.79 Å². The lowest BCUT2D eigenvalue weighted by Crippen LogP contribution is -2.55. The van der Waals surface area contributed by atoms with Crippen LogP contribution in [0.25, 0.3) is 11.4 Å². The molecule has 2 aliphatic rings. The number of aromatic carboxylic acids is 1. The summed E-state index contributed by atoms with van der Waals surface area (Å²) >= 11 is 6.42. The van der Waals surface area contributed by atoms with Gasteiger partial charge in [0.25, 0.3) is 0 Å². The van der Waals surface area contributed by atoms with Gasteiger partial charge in [0.2, 0.25) is 23.0 Å². The molecule has 2 aromatic carbocycles. The summed E-state index contributed by atoms with van der Waals surface area (Å²) in [5.74, 6) is -2.30. The molecule has 5 rings (SSSR count). The molecule has 0 unspecified atom stereocenters. The number of Topliss-reactive ketones (excluding diaryl/α,β-unsaturated/α-hetero) is 1. The van der Waals surface area contributed by atoms with Crippen LogP contribution < -0.4 is 19.5 Å². The van der Waals surface area contributed by atoms with E-state index in [1.54, 1.807) is 19.1 Å². The fourth-order valence-electron chi connectivity index (χ4n) is 4.65. The summed E-state index contributed by atoms with van der Waals surface area (Å²) in [7, 11) is 2.80. The highest BCUT2D eigenvalue weighted by Crippen LogP contribution is 2.53. The van der Waals surface area contributed by atoms with E-state index in [9.17, 15) is 19.5 Å². The number of tetrazole rings is 1. The first kappa shape index (κ1) is 24.3. The maximum atomic E-state index is 13.6. The van der Waals surface area contributed by atoms with E-state index in [2.05, 4.69) is 25.9 Å². The van der Waals surface area contributed by atoms with Gasteiger partial charge in [-0.1, -0.05) is 24.6 Å². The van der Waals surface area contributed by atoms with Crippen LogP contribution in [0, 0.1) is 5.92 Å². The maximum absolute atomic E-state index is 13.6. The molecule has 0 bridgehead atoms. The Morgan fingerprint density at radius 2 is 2.00 bits per heavy atom. The van der Waals surface area contributed by atoms with E-state index in [0.29, 0.717) is 11.3 Å². The molecule has 1 aliphatic carbocycles. The minimum Gasteiger partial charge on any atom is -0.496 e. The third-order valence-corrected chi connectivity index (χ3v) is 6.82. The van der Waals surface area contributed by atoms with Crippen molar-refractivity contribution in [1.29, 1.82) is 0 Å². The minimum atomic E-state index is -1.85. The van der Waals surface area contributed by atoms with Gasteiger partial charge in [0.1, 0.15) is 22.1 Å². The van der Waals surface area contributed by atoms with Gasteiger partial charge in [0.15, 0.2) is 5.75 Å². The number of carbonyl (C=O) groups is 3. The van der Waals surface area contributed by atoms with Gasteiger partial charge in [-0.2, -0.15) is 5.21 Å². The summed E-state index contributed by atoms with van der Waals surface area (Å²) in [6.45, 7) is 1.70. The number of ketones is 2. The molecule has 1 aliphatic heterocycles. The van der Waals surface area contributed by atoms with Crippen molar-refractivity contribution in [1.82, 2.24) is 20.6 Å². The van der Waals surface area contributed by atoms with Crippen molar-refractivity contribution >= 4 is 34.8 Å². The lowest BCUT2D eigenvalue weighted by atomic mass is 9.74. The van der Waals surface area contributed by atoms with E-state index in [0.717, 1.165) is 0 Å². The Morgan fingerprint density at radius 3 is 2.62 bits per heavy atom. The number of rotatable bonds is 6. The fourth-order valence-corrected chi connectivity index (χ4v) is 4.91. The number of aromatic amines is 1. The number of anilines is 1. The second kappa shape index (κ2) is 8.89. The van der Waals surface area contributed by atoms with Crippen LogP contribution in [0.1, 0.15) is 34.1 Å². The number of hydrogen-bond donors (Lipinski definition) is 3. The number of fused-ring (bicyclic) bond motifs is 1. The van der Waals surface area contributed by atoms with Crippen LogP contribution in [-0.2, 0) is 4.79 Å². The first-order valence-corrected chi connectivity index (χ1v) is 11.4. The van der Waals surface area contributed by atoms with Gasteiger partial charge < -0.3 is 24.6 Å². The van der Waals surface area contributed by atoms with Gasteiger partial charge >= 0.3 is 5.97 Å². The predicted octanol–water partition coefficient (Wildman–Crippen LogP) is 3.15. The number of allylic oxidation sites excluding steroid dienone is 1. The van der Waals surface area contributed by atoms with E-state index in [4.69, 9.17) is 25.8 Å². The van der Waals surface area contributed by atoms with Crippen molar-refractivity contribution in [3.05, 3.63) is 52.2 Å². The number of halogens is 1. The Labute approximate surface area is 214 Å². The number of H-pyrrole nitrogens is 1. The first-order chi connectivity index (χ1) is 17.7. The van der Waals surface area contributed by atoms with E-state index in [-0.39, 0.29) is 51.3 Å². The molecule has 13 heteroatoms. The number of nitrogens with one attached hydrogen (secondary N) is 2. The van der Waals surface area contributed by atoms with Gasteiger partial charge in [-0.15, -0.1) is 10.2 Å². The molecule has 1 aromatic heterocycles. The monoisotopic (exact) mass is 525 g/mol. The van der Waals surface area contributed by atoms with Crippen LogP contribution in [0.5, 0.6) is 17.2 Å². The summed E-state index contributed by atoms with van der Waals surface area (Å²) in [5.41, 5.74) is -0.683. The van der Waals surface area contributed by atoms with Crippen LogP contribution in [0.4, 0.5) is 5.69 Å². The molecule has 1 spiro atoms. The van der Waals surface area contributed by atoms with E-state index in [1.807, 2.05) is 0 Å². The summed E-state index contributed by atoms with van der Waals surface area (Å²) in [6, 6.07) is 5.95. The van der Waals surface area contributed by atoms with Crippen molar-refractivity contribution in [3.63, 3.8) is 0 Å². The molecule has 2 atom stereocenters. The normalized spacial score (nSPS) is 20.3. The van der Waals surface area contributed by atoms with Crippen molar-refractivity contribution in [2.45, 2.75) is 18.9 Å². The largest absolute Gasteiger partial charge is 0.496 e. The Balaban J connectivity index is 1.52. The third-order valence-electron chi connectivity index (χ3n) is 6.46. The van der Waals surface area contributed by atoms with Crippen LogP contribution in [0.2, 0.25) is 5.02 Å². The smallest absolute Gasteiger partial charge is 0.337 e. The number of benzene rings is 2. The predicted molar refractivity (Wildman–Crippen MR) is 129 cm³/mol. The molecular weight excluding hydrogens is 506 g/mol. The van der Waals surface area contributed by atoms with Gasteiger partial charge in [0.05, 0.1) is 25.5 Å². The van der Waals surface area contributed by atoms with Crippen molar-refractivity contribution in [3.8, 4) is 28.6 Å². The SMILES string of the molecule is COc1cc(OC)c2c(c1Cl)O[C@@]1(C(=O)C=C(Nc3cc(-c4nn[nH]n4)ccc3C(=O)O)C[C@H]1C)C2=O. The fraction of sp³-hybridized carbons (Fsp3) is 0.250. The molecule has 190 valence electrons. The second-order valence-electron chi connectivity index (χ2n) is 8.53. The molecule has 0 amide bonds. The molecule has 12 nitrogen and oxygen atoms in total. The van der Waals surface area contributed by atoms with Crippen LogP contribution in [-0.4, -0.2) is 63.1 Å². The molecule has 0 fully saturated rings. The third kappa shape index (κ3) is 3.68. The first-order valence-electron chi connectivity index (χ1n) is 11.0. The van der Waals surface area contributed by atoms with Gasteiger partial charge in [-0.3, -0.25) is 9.59 Å². The molecular formula is C24H20ClN5O7. The lowest BCUT2D eigenvalue weighted by molar-refractivity contribution is -0.129. The van der Waals surface area contributed by atoms with E-state index >= 15 is 0 Å². The highest BCUT2D eigenvalue weighted by atomic mass is 35.5. The number of nitrogens with zero attached hydrogens (tertiary/aromatic N) is 3. The number of aromatic nitrogens is 4. The van der Waals surface area contributed by atoms with Crippen molar-refractivity contribution < 1.29 is 33.7 Å². The average Bonchev–Trinajstić information content (AvgIpc) is 3.51. The van der Waals surface area contributed by atoms with Crippen LogP contribution in [0.15, 0.2) is 36.0 Å². The highest BCUT2D eigenvalue weighted by Gasteiger charge is 2.60. The number of methoxy groups -OCH3 is 2. The number of ether oxygens (including phenoxy) is 3. The Bertz CT molecular complexity index is 1490. The summed E-state index contributed by atoms with van der Waals surface area (Å²) in [4.78, 5) is 39.0. The maximum Gasteiger partial charge on any atom is 0.337 e. The molecule has 0 saturated heterocycles. The number of carboxylic acid groups (broad SMARTS) is 1. The number of hydrogen-bond acceptors (Lipinski definition) is 10. The minimum absolute atomic E-state index is 0.0221. The van der Waals surface area contributed by atoms with Crippen molar-refractivity contribution in [2.24, 2.45) is 5.92 Å². The number of carbonyl (C=O) groups excluding carboxylic acids is 2. The zero-order valence-corrected chi connectivity index (χ0v) is 20.5. The second-order valence-corrected chi connectivity index (χ2v) is 8.91. The summed E-state index contributed by atoms with van der Waals surface area (Å²) < 4.78 is 16.6. The molecule has 37 heavy (non-hydrogen) atoms. The van der Waals surface area contributed by atoms with Crippen LogP contribution in [0.3, 0.4) is 0 Å². The average molecular weight is 526 g/mol. The molecule has 3 N–H and O–H groups in total. The molecule has 0 saturated carbocycles. The Kier molecular flexibility index (Phi) is 5.83. The quantitative estimate of drug-likeness (QED) is 0.404. The highest BCUT2D eigenvalue weighted by molar-refractivity contribution is 6.36.